The highest BCUT2D eigenvalue weighted by molar-refractivity contribution is 8.26. The van der Waals surface area contributed by atoms with Crippen LogP contribution in [-0.4, -0.2) is 70.0 Å². The van der Waals surface area contributed by atoms with E-state index in [0.717, 1.165) is 69.8 Å². The second kappa shape index (κ2) is 13.3. The molecule has 1 unspecified atom stereocenters. The SMILES string of the molecule is CCCCn1c(N2CCN(Cc3ccccc3)CC2)c(/C=C2/SC(=S)N(CC3CCCO3)C2=O)c(C)c(C#N)c1=O. The van der Waals surface area contributed by atoms with E-state index in [1.165, 1.54) is 17.3 Å². The highest BCUT2D eigenvalue weighted by atomic mass is 32.2. The number of thioether (sulfide) groups is 1. The number of unbranched alkanes of at least 4 members (excludes halogenated alkanes) is 1. The van der Waals surface area contributed by atoms with Gasteiger partial charge in [-0.05, 0) is 43.4 Å². The zero-order valence-corrected chi connectivity index (χ0v) is 25.4. The van der Waals surface area contributed by atoms with E-state index >= 15 is 0 Å². The predicted molar refractivity (Wildman–Crippen MR) is 168 cm³/mol. The number of amides is 1. The molecule has 0 bridgehead atoms. The first-order valence-corrected chi connectivity index (χ1v) is 15.7. The lowest BCUT2D eigenvalue weighted by Crippen LogP contribution is -2.48. The fraction of sp³-hybridized carbons (Fsp3) is 0.484. The summed E-state index contributed by atoms with van der Waals surface area (Å²) >= 11 is 6.89. The molecule has 41 heavy (non-hydrogen) atoms. The molecule has 8 nitrogen and oxygen atoms in total. The fourth-order valence-electron chi connectivity index (χ4n) is 5.75. The number of hydrogen-bond donors (Lipinski definition) is 0. The van der Waals surface area contributed by atoms with Gasteiger partial charge in [0.2, 0.25) is 0 Å². The predicted octanol–water partition coefficient (Wildman–Crippen LogP) is 4.53. The first-order valence-electron chi connectivity index (χ1n) is 14.5. The van der Waals surface area contributed by atoms with Gasteiger partial charge in [-0.1, -0.05) is 67.7 Å². The van der Waals surface area contributed by atoms with Crippen molar-refractivity contribution in [2.24, 2.45) is 0 Å². The van der Waals surface area contributed by atoms with Crippen molar-refractivity contribution in [2.75, 3.05) is 44.2 Å². The molecule has 1 aromatic heterocycles. The van der Waals surface area contributed by atoms with Crippen LogP contribution in [0.3, 0.4) is 0 Å². The van der Waals surface area contributed by atoms with E-state index in [2.05, 4.69) is 47.1 Å². The normalized spacial score (nSPS) is 20.8. The van der Waals surface area contributed by atoms with Crippen molar-refractivity contribution >= 4 is 46.1 Å². The summed E-state index contributed by atoms with van der Waals surface area (Å²) in [6.07, 6.45) is 5.51. The van der Waals surface area contributed by atoms with Gasteiger partial charge in [0.1, 0.15) is 21.8 Å². The number of anilines is 1. The number of hydrogen-bond acceptors (Lipinski definition) is 8. The Bertz CT molecular complexity index is 1420. The number of piperazine rings is 1. The van der Waals surface area contributed by atoms with Gasteiger partial charge in [0.15, 0.2) is 0 Å². The molecule has 3 saturated heterocycles. The molecular weight excluding hydrogens is 555 g/mol. The number of nitrogens with zero attached hydrogens (tertiary/aromatic N) is 5. The summed E-state index contributed by atoms with van der Waals surface area (Å²) in [5.74, 6) is 0.655. The van der Waals surface area contributed by atoms with E-state index in [9.17, 15) is 14.9 Å². The summed E-state index contributed by atoms with van der Waals surface area (Å²) in [6.45, 7) is 9.65. The maximum absolute atomic E-state index is 13.6. The topological polar surface area (TPSA) is 81.8 Å². The Morgan fingerprint density at radius 3 is 2.59 bits per heavy atom. The number of benzene rings is 1. The third-order valence-electron chi connectivity index (χ3n) is 8.06. The zero-order valence-electron chi connectivity index (χ0n) is 23.8. The molecule has 1 aromatic carbocycles. The van der Waals surface area contributed by atoms with E-state index in [-0.39, 0.29) is 23.1 Å². The van der Waals surface area contributed by atoms with Gasteiger partial charge in [0.05, 0.1) is 17.6 Å². The van der Waals surface area contributed by atoms with Gasteiger partial charge in [0, 0.05) is 51.4 Å². The monoisotopic (exact) mass is 591 g/mol. The molecule has 5 rings (SSSR count). The number of carbonyl (C=O) groups excluding carboxylic acids is 1. The Morgan fingerprint density at radius 2 is 1.93 bits per heavy atom. The van der Waals surface area contributed by atoms with Crippen molar-refractivity contribution in [3.63, 3.8) is 0 Å². The molecule has 4 heterocycles. The second-order valence-electron chi connectivity index (χ2n) is 10.8. The van der Waals surface area contributed by atoms with Crippen molar-refractivity contribution in [3.8, 4) is 6.07 Å². The minimum Gasteiger partial charge on any atom is -0.376 e. The molecule has 0 radical (unpaired) electrons. The largest absolute Gasteiger partial charge is 0.376 e. The average molecular weight is 592 g/mol. The highest BCUT2D eigenvalue weighted by Crippen LogP contribution is 2.37. The van der Waals surface area contributed by atoms with Crippen molar-refractivity contribution < 1.29 is 9.53 Å². The van der Waals surface area contributed by atoms with E-state index in [1.807, 2.05) is 19.1 Å². The molecule has 0 spiro atoms. The molecule has 1 amide bonds. The number of carbonyl (C=O) groups is 1. The number of rotatable bonds is 9. The van der Waals surface area contributed by atoms with Gasteiger partial charge in [-0.25, -0.2) is 0 Å². The average Bonchev–Trinajstić information content (AvgIpc) is 3.59. The quantitative estimate of drug-likeness (QED) is 0.311. The van der Waals surface area contributed by atoms with Crippen LogP contribution in [0.25, 0.3) is 6.08 Å². The molecule has 0 saturated carbocycles. The van der Waals surface area contributed by atoms with E-state index in [4.69, 9.17) is 17.0 Å². The van der Waals surface area contributed by atoms with Crippen LogP contribution in [0.4, 0.5) is 5.82 Å². The third-order valence-corrected chi connectivity index (χ3v) is 9.44. The molecule has 10 heteroatoms. The molecule has 3 fully saturated rings. The van der Waals surface area contributed by atoms with Crippen LogP contribution in [0, 0.1) is 18.3 Å². The van der Waals surface area contributed by atoms with Crippen LogP contribution in [0.15, 0.2) is 40.0 Å². The maximum Gasteiger partial charge on any atom is 0.270 e. The lowest BCUT2D eigenvalue weighted by molar-refractivity contribution is -0.123. The first kappa shape index (κ1) is 29.5. The minimum absolute atomic E-state index is 0.00229. The van der Waals surface area contributed by atoms with Gasteiger partial charge in [-0.2, -0.15) is 5.26 Å². The molecule has 3 aliphatic heterocycles. The van der Waals surface area contributed by atoms with Crippen molar-refractivity contribution in [3.05, 3.63) is 67.8 Å². The van der Waals surface area contributed by atoms with Gasteiger partial charge in [-0.3, -0.25) is 24.0 Å². The number of nitriles is 1. The zero-order chi connectivity index (χ0) is 28.9. The molecule has 3 aliphatic rings. The summed E-state index contributed by atoms with van der Waals surface area (Å²) in [4.78, 5) is 34.0. The molecule has 216 valence electrons. The van der Waals surface area contributed by atoms with Crippen LogP contribution in [0.5, 0.6) is 0 Å². The van der Waals surface area contributed by atoms with E-state index < -0.39 is 0 Å². The Hall–Kier alpha value is -2.97. The summed E-state index contributed by atoms with van der Waals surface area (Å²) in [5.41, 5.74) is 2.51. The number of aromatic nitrogens is 1. The Morgan fingerprint density at radius 1 is 1.17 bits per heavy atom. The van der Waals surface area contributed by atoms with Crippen LogP contribution in [0.2, 0.25) is 0 Å². The van der Waals surface area contributed by atoms with Gasteiger partial charge >= 0.3 is 0 Å². The Balaban J connectivity index is 1.49. The van der Waals surface area contributed by atoms with Gasteiger partial charge in [-0.15, -0.1) is 0 Å². The van der Waals surface area contributed by atoms with Crippen LogP contribution in [0.1, 0.15) is 54.9 Å². The molecule has 0 N–H and O–H groups in total. The minimum atomic E-state index is -0.261. The first-order chi connectivity index (χ1) is 19.9. The smallest absolute Gasteiger partial charge is 0.270 e. The lowest BCUT2D eigenvalue weighted by Gasteiger charge is -2.38. The molecular formula is C31H37N5O3S2. The summed E-state index contributed by atoms with van der Waals surface area (Å²) in [5, 5.41) is 9.99. The van der Waals surface area contributed by atoms with Gasteiger partial charge in [0.25, 0.3) is 11.5 Å². The molecule has 2 aromatic rings. The summed E-state index contributed by atoms with van der Waals surface area (Å²) in [7, 11) is 0. The van der Waals surface area contributed by atoms with Crippen LogP contribution in [-0.2, 0) is 22.6 Å². The fourth-order valence-corrected chi connectivity index (χ4v) is 7.01. The van der Waals surface area contributed by atoms with Crippen LogP contribution >= 0.6 is 24.0 Å². The number of thiocarbonyl (C=S) groups is 1. The maximum atomic E-state index is 13.6. The number of ether oxygens (including phenoxy) is 1. The standard InChI is InChI=1S/C31H37N5O3S2/c1-3-4-12-35-28(34-15-13-33(14-16-34)20-23-9-6-5-7-10-23)25(22(2)26(19-32)29(35)37)18-27-30(38)36(31(40)41-27)21-24-11-8-17-39-24/h5-7,9-10,18,24H,3-4,8,11-17,20-21H2,1-2H3/b27-18+. The Kier molecular flexibility index (Phi) is 9.60. The molecule has 0 aliphatic carbocycles. The Labute approximate surface area is 251 Å². The van der Waals surface area contributed by atoms with E-state index in [0.29, 0.717) is 34.5 Å². The van der Waals surface area contributed by atoms with E-state index in [1.54, 1.807) is 9.47 Å². The van der Waals surface area contributed by atoms with Crippen LogP contribution < -0.4 is 10.5 Å². The van der Waals surface area contributed by atoms with Crippen molar-refractivity contribution in [2.45, 2.75) is 58.7 Å². The highest BCUT2D eigenvalue weighted by Gasteiger charge is 2.35. The third kappa shape index (κ3) is 6.44. The number of pyridine rings is 1. The molecule has 1 atom stereocenters. The summed E-state index contributed by atoms with van der Waals surface area (Å²) < 4.78 is 8.04. The van der Waals surface area contributed by atoms with Crippen molar-refractivity contribution in [1.29, 1.82) is 5.26 Å². The van der Waals surface area contributed by atoms with Gasteiger partial charge < -0.3 is 9.64 Å². The summed E-state index contributed by atoms with van der Waals surface area (Å²) in [6, 6.07) is 12.6. The van der Waals surface area contributed by atoms with Crippen molar-refractivity contribution in [1.82, 2.24) is 14.4 Å². The lowest BCUT2D eigenvalue weighted by atomic mass is 10.0. The second-order valence-corrected chi connectivity index (χ2v) is 12.5.